The molecular formula is C12H23ClO2. The fourth-order valence-corrected chi connectivity index (χ4v) is 2.46. The molecule has 2 nitrogen and oxygen atoms in total. The van der Waals surface area contributed by atoms with Gasteiger partial charge in [0, 0.05) is 5.88 Å². The maximum Gasteiger partial charge on any atom is 0.0963 e. The summed E-state index contributed by atoms with van der Waals surface area (Å²) in [5.41, 5.74) is 0. The largest absolute Gasteiger partial charge is 0.235 e. The van der Waals surface area contributed by atoms with Crippen LogP contribution in [0.3, 0.4) is 0 Å². The van der Waals surface area contributed by atoms with Gasteiger partial charge in [0.05, 0.1) is 12.7 Å². The van der Waals surface area contributed by atoms with E-state index in [4.69, 9.17) is 21.4 Å². The third kappa shape index (κ3) is 4.29. The molecule has 0 saturated heterocycles. The molecule has 15 heavy (non-hydrogen) atoms. The van der Waals surface area contributed by atoms with Crippen LogP contribution in [-0.2, 0) is 9.78 Å². The van der Waals surface area contributed by atoms with Crippen molar-refractivity contribution >= 4 is 11.6 Å². The summed E-state index contributed by atoms with van der Waals surface area (Å²) in [6, 6.07) is 0. The highest BCUT2D eigenvalue weighted by Crippen LogP contribution is 2.35. The number of hydrogen-bond acceptors (Lipinski definition) is 2. The van der Waals surface area contributed by atoms with Crippen LogP contribution in [0.5, 0.6) is 0 Å². The van der Waals surface area contributed by atoms with E-state index in [-0.39, 0.29) is 6.10 Å². The Hall–Kier alpha value is 0.210. The molecule has 0 spiro atoms. The normalized spacial score (nSPS) is 32.2. The highest BCUT2D eigenvalue weighted by atomic mass is 35.5. The van der Waals surface area contributed by atoms with Crippen molar-refractivity contribution in [1.29, 1.82) is 0 Å². The monoisotopic (exact) mass is 234 g/mol. The first kappa shape index (κ1) is 13.3. The molecule has 0 N–H and O–H groups in total. The summed E-state index contributed by atoms with van der Waals surface area (Å²) in [5, 5.41) is 0. The smallest absolute Gasteiger partial charge is 0.0963 e. The van der Waals surface area contributed by atoms with Crippen LogP contribution in [0.1, 0.15) is 40.0 Å². The van der Waals surface area contributed by atoms with Crippen molar-refractivity contribution in [2.45, 2.75) is 46.1 Å². The van der Waals surface area contributed by atoms with Gasteiger partial charge >= 0.3 is 0 Å². The maximum atomic E-state index is 5.54. The van der Waals surface area contributed by atoms with Crippen LogP contribution in [0.15, 0.2) is 0 Å². The van der Waals surface area contributed by atoms with Crippen LogP contribution >= 0.6 is 11.6 Å². The summed E-state index contributed by atoms with van der Waals surface area (Å²) in [6.07, 6.45) is 3.95. The standard InChI is InChI=1S/C12H23ClO2/c1-9(2)11-5-4-10(3)8-12(11)15-14-7-6-13/h9-12H,4-8H2,1-3H3/t10-,11+,12-/m0/s1. The lowest BCUT2D eigenvalue weighted by molar-refractivity contribution is -0.338. The molecule has 1 fully saturated rings. The summed E-state index contributed by atoms with van der Waals surface area (Å²) in [4.78, 5) is 10.6. The molecule has 1 rings (SSSR count). The van der Waals surface area contributed by atoms with Crippen molar-refractivity contribution < 1.29 is 9.78 Å². The zero-order chi connectivity index (χ0) is 11.3. The van der Waals surface area contributed by atoms with Crippen molar-refractivity contribution in [1.82, 2.24) is 0 Å². The SMILES string of the molecule is CC(C)[C@H]1CC[C@H](C)C[C@@H]1OOCCCl. The molecule has 0 bridgehead atoms. The van der Waals surface area contributed by atoms with E-state index in [1.807, 2.05) is 0 Å². The minimum Gasteiger partial charge on any atom is -0.235 e. The third-order valence-electron chi connectivity index (χ3n) is 3.31. The van der Waals surface area contributed by atoms with Crippen LogP contribution in [0, 0.1) is 17.8 Å². The van der Waals surface area contributed by atoms with E-state index < -0.39 is 0 Å². The van der Waals surface area contributed by atoms with Crippen LogP contribution in [-0.4, -0.2) is 18.6 Å². The van der Waals surface area contributed by atoms with E-state index in [1.54, 1.807) is 0 Å². The fourth-order valence-electron chi connectivity index (χ4n) is 2.39. The van der Waals surface area contributed by atoms with Crippen molar-refractivity contribution in [3.8, 4) is 0 Å². The van der Waals surface area contributed by atoms with Gasteiger partial charge in [0.15, 0.2) is 0 Å². The molecule has 90 valence electrons. The first-order chi connectivity index (χ1) is 7.15. The highest BCUT2D eigenvalue weighted by molar-refractivity contribution is 6.17. The molecule has 0 unspecified atom stereocenters. The molecule has 0 amide bonds. The van der Waals surface area contributed by atoms with Gasteiger partial charge in [-0.2, -0.15) is 0 Å². The molecule has 1 aliphatic rings. The summed E-state index contributed by atoms with van der Waals surface area (Å²) >= 11 is 5.54. The van der Waals surface area contributed by atoms with Gasteiger partial charge in [-0.25, -0.2) is 9.78 Å². The van der Waals surface area contributed by atoms with Gasteiger partial charge in [-0.3, -0.25) is 0 Å². The van der Waals surface area contributed by atoms with E-state index in [1.165, 1.54) is 12.8 Å². The molecule has 0 radical (unpaired) electrons. The average molecular weight is 235 g/mol. The number of halogens is 1. The Balaban J connectivity index is 2.39. The van der Waals surface area contributed by atoms with Gasteiger partial charge in [0.25, 0.3) is 0 Å². The Morgan fingerprint density at radius 3 is 2.67 bits per heavy atom. The highest BCUT2D eigenvalue weighted by Gasteiger charge is 2.32. The van der Waals surface area contributed by atoms with E-state index in [2.05, 4.69) is 20.8 Å². The second kappa shape index (κ2) is 6.72. The molecule has 0 heterocycles. The van der Waals surface area contributed by atoms with E-state index in [0.29, 0.717) is 24.3 Å². The molecule has 0 aromatic rings. The number of alkyl halides is 1. The van der Waals surface area contributed by atoms with Gasteiger partial charge in [0.1, 0.15) is 0 Å². The topological polar surface area (TPSA) is 18.5 Å². The number of hydrogen-bond donors (Lipinski definition) is 0. The van der Waals surface area contributed by atoms with E-state index in [0.717, 1.165) is 12.3 Å². The van der Waals surface area contributed by atoms with Gasteiger partial charge in [-0.1, -0.05) is 27.2 Å². The van der Waals surface area contributed by atoms with Gasteiger partial charge in [-0.15, -0.1) is 11.6 Å². The molecule has 3 atom stereocenters. The first-order valence-corrected chi connectivity index (χ1v) is 6.52. The zero-order valence-electron chi connectivity index (χ0n) is 10.0. The van der Waals surface area contributed by atoms with Gasteiger partial charge in [-0.05, 0) is 30.6 Å². The third-order valence-corrected chi connectivity index (χ3v) is 3.47. The molecule has 0 aromatic carbocycles. The van der Waals surface area contributed by atoms with E-state index >= 15 is 0 Å². The van der Waals surface area contributed by atoms with Crippen LogP contribution in [0.25, 0.3) is 0 Å². The minimum absolute atomic E-state index is 0.261. The molecule has 1 saturated carbocycles. The fraction of sp³-hybridized carbons (Fsp3) is 1.00. The molecular weight excluding hydrogens is 212 g/mol. The van der Waals surface area contributed by atoms with Crippen molar-refractivity contribution in [2.24, 2.45) is 17.8 Å². The molecule has 0 aromatic heterocycles. The average Bonchev–Trinajstić information content (AvgIpc) is 2.18. The molecule has 1 aliphatic carbocycles. The van der Waals surface area contributed by atoms with Gasteiger partial charge < -0.3 is 0 Å². The summed E-state index contributed by atoms with van der Waals surface area (Å²) in [6.45, 7) is 7.29. The summed E-state index contributed by atoms with van der Waals surface area (Å²) in [7, 11) is 0. The Morgan fingerprint density at radius 1 is 1.33 bits per heavy atom. The van der Waals surface area contributed by atoms with Crippen LogP contribution in [0.2, 0.25) is 0 Å². The van der Waals surface area contributed by atoms with Crippen molar-refractivity contribution in [3.63, 3.8) is 0 Å². The zero-order valence-corrected chi connectivity index (χ0v) is 10.8. The predicted molar refractivity (Wildman–Crippen MR) is 62.9 cm³/mol. The van der Waals surface area contributed by atoms with Crippen molar-refractivity contribution in [3.05, 3.63) is 0 Å². The van der Waals surface area contributed by atoms with Gasteiger partial charge in [0.2, 0.25) is 0 Å². The molecule has 0 aliphatic heterocycles. The summed E-state index contributed by atoms with van der Waals surface area (Å²) in [5.74, 6) is 2.55. The minimum atomic E-state index is 0.261. The predicted octanol–water partition coefficient (Wildman–Crippen LogP) is 3.63. The Bertz CT molecular complexity index is 173. The Labute approximate surface area is 98.2 Å². The van der Waals surface area contributed by atoms with E-state index in [9.17, 15) is 0 Å². The van der Waals surface area contributed by atoms with Crippen molar-refractivity contribution in [2.75, 3.05) is 12.5 Å². The second-order valence-corrected chi connectivity index (χ2v) is 5.35. The maximum absolute atomic E-state index is 5.54. The lowest BCUT2D eigenvalue weighted by Crippen LogP contribution is -2.34. The van der Waals surface area contributed by atoms with Crippen LogP contribution in [0.4, 0.5) is 0 Å². The Morgan fingerprint density at radius 2 is 2.07 bits per heavy atom. The summed E-state index contributed by atoms with van der Waals surface area (Å²) < 4.78 is 0. The quantitative estimate of drug-likeness (QED) is 0.313. The second-order valence-electron chi connectivity index (χ2n) is 4.97. The number of rotatable bonds is 5. The Kier molecular flexibility index (Phi) is 5.95. The lowest BCUT2D eigenvalue weighted by Gasteiger charge is -2.35. The molecule has 3 heteroatoms. The van der Waals surface area contributed by atoms with Crippen LogP contribution < -0.4 is 0 Å². The first-order valence-electron chi connectivity index (χ1n) is 5.99. The lowest BCUT2D eigenvalue weighted by atomic mass is 9.75.